The molecule has 1 aromatic rings. The molecule has 0 aromatic heterocycles. The Morgan fingerprint density at radius 1 is 1.26 bits per heavy atom. The molecular weight excluding hydrogens is 302 g/mol. The van der Waals surface area contributed by atoms with Gasteiger partial charge in [-0.1, -0.05) is 24.3 Å². The zero-order chi connectivity index (χ0) is 16.8. The van der Waals surface area contributed by atoms with Gasteiger partial charge in [0.1, 0.15) is 12.2 Å². The number of benzene rings is 1. The van der Waals surface area contributed by atoms with Crippen molar-refractivity contribution in [2.24, 2.45) is 0 Å². The third kappa shape index (κ3) is 1.87. The Morgan fingerprint density at radius 3 is 2.65 bits per heavy atom. The van der Waals surface area contributed by atoms with Crippen molar-refractivity contribution in [2.45, 2.75) is 18.2 Å². The SMILES string of the molecule is COCCOC(=O)C1=C(C)N[C@]2(O)c3ccccc3C(=O)[C@@]12O. The van der Waals surface area contributed by atoms with Gasteiger partial charge in [0.05, 0.1) is 6.61 Å². The van der Waals surface area contributed by atoms with E-state index < -0.39 is 23.1 Å². The third-order valence-electron chi connectivity index (χ3n) is 4.24. The first-order valence-corrected chi connectivity index (χ1v) is 7.12. The van der Waals surface area contributed by atoms with Crippen molar-refractivity contribution in [3.8, 4) is 0 Å². The molecule has 0 unspecified atom stereocenters. The molecule has 7 nitrogen and oxygen atoms in total. The molecule has 0 amide bonds. The summed E-state index contributed by atoms with van der Waals surface area (Å²) in [7, 11) is 1.46. The summed E-state index contributed by atoms with van der Waals surface area (Å²) in [5.74, 6) is -1.61. The van der Waals surface area contributed by atoms with E-state index in [2.05, 4.69) is 5.32 Å². The van der Waals surface area contributed by atoms with Crippen LogP contribution in [0.1, 0.15) is 22.8 Å². The Balaban J connectivity index is 2.04. The van der Waals surface area contributed by atoms with Gasteiger partial charge in [-0.2, -0.15) is 0 Å². The lowest BCUT2D eigenvalue weighted by Gasteiger charge is -2.31. The van der Waals surface area contributed by atoms with Crippen LogP contribution in [0.4, 0.5) is 0 Å². The average molecular weight is 319 g/mol. The smallest absolute Gasteiger partial charge is 0.339 e. The second-order valence-corrected chi connectivity index (χ2v) is 5.55. The first kappa shape index (κ1) is 15.7. The molecule has 1 aromatic carbocycles. The Kier molecular flexibility index (Phi) is 3.51. The number of ketones is 1. The van der Waals surface area contributed by atoms with Crippen LogP contribution < -0.4 is 5.32 Å². The number of nitrogens with one attached hydrogen (secondary N) is 1. The van der Waals surface area contributed by atoms with Crippen LogP contribution in [0, 0.1) is 0 Å². The molecule has 1 aliphatic carbocycles. The number of esters is 1. The molecule has 3 rings (SSSR count). The Labute approximate surface area is 132 Å². The lowest BCUT2D eigenvalue weighted by molar-refractivity contribution is -0.148. The van der Waals surface area contributed by atoms with Crippen molar-refractivity contribution < 1.29 is 29.3 Å². The summed E-state index contributed by atoms with van der Waals surface area (Å²) in [5.41, 5.74) is -4.19. The van der Waals surface area contributed by atoms with Crippen LogP contribution in [-0.2, 0) is 20.0 Å². The maximum Gasteiger partial charge on any atom is 0.339 e. The topological polar surface area (TPSA) is 105 Å². The van der Waals surface area contributed by atoms with Crippen LogP contribution >= 0.6 is 0 Å². The summed E-state index contributed by atoms with van der Waals surface area (Å²) in [6, 6.07) is 6.29. The molecule has 3 N–H and O–H groups in total. The average Bonchev–Trinajstić information content (AvgIpc) is 2.83. The van der Waals surface area contributed by atoms with Crippen LogP contribution in [0.2, 0.25) is 0 Å². The summed E-state index contributed by atoms with van der Waals surface area (Å²) < 4.78 is 9.81. The minimum absolute atomic E-state index is 0.0260. The zero-order valence-electron chi connectivity index (χ0n) is 12.8. The van der Waals surface area contributed by atoms with Crippen molar-refractivity contribution >= 4 is 11.8 Å². The molecular formula is C16H17NO6. The van der Waals surface area contributed by atoms with Crippen LogP contribution in [0.15, 0.2) is 35.5 Å². The van der Waals surface area contributed by atoms with Crippen LogP contribution in [0.25, 0.3) is 0 Å². The maximum atomic E-state index is 12.7. The highest BCUT2D eigenvalue weighted by molar-refractivity contribution is 6.16. The number of carbonyl (C=O) groups is 2. The summed E-state index contributed by atoms with van der Waals surface area (Å²) >= 11 is 0. The molecule has 2 atom stereocenters. The molecule has 0 radical (unpaired) electrons. The second-order valence-electron chi connectivity index (χ2n) is 5.55. The summed E-state index contributed by atoms with van der Waals surface area (Å²) in [5, 5.41) is 24.6. The van der Waals surface area contributed by atoms with Gasteiger partial charge in [-0.15, -0.1) is 0 Å². The van der Waals surface area contributed by atoms with E-state index >= 15 is 0 Å². The highest BCUT2D eigenvalue weighted by Crippen LogP contribution is 2.51. The Hall–Kier alpha value is -2.22. The van der Waals surface area contributed by atoms with Crippen LogP contribution in [-0.4, -0.2) is 47.9 Å². The first-order valence-electron chi connectivity index (χ1n) is 7.12. The third-order valence-corrected chi connectivity index (χ3v) is 4.24. The fourth-order valence-electron chi connectivity index (χ4n) is 3.20. The molecule has 122 valence electrons. The fraction of sp³-hybridized carbons (Fsp3) is 0.375. The van der Waals surface area contributed by atoms with E-state index in [4.69, 9.17) is 9.47 Å². The predicted octanol–water partition coefficient (Wildman–Crippen LogP) is -0.174. The van der Waals surface area contributed by atoms with Gasteiger partial charge < -0.3 is 25.0 Å². The molecule has 0 saturated carbocycles. The van der Waals surface area contributed by atoms with Gasteiger partial charge >= 0.3 is 5.97 Å². The normalized spacial score (nSPS) is 28.4. The molecule has 1 aliphatic heterocycles. The lowest BCUT2D eigenvalue weighted by atomic mass is 9.85. The van der Waals surface area contributed by atoms with Gasteiger partial charge in [-0.05, 0) is 6.92 Å². The predicted molar refractivity (Wildman–Crippen MR) is 78.3 cm³/mol. The van der Waals surface area contributed by atoms with Gasteiger partial charge in [0, 0.05) is 23.9 Å². The van der Waals surface area contributed by atoms with Gasteiger partial charge in [0.15, 0.2) is 0 Å². The van der Waals surface area contributed by atoms with Crippen molar-refractivity contribution in [3.05, 3.63) is 46.7 Å². The largest absolute Gasteiger partial charge is 0.460 e. The number of allylic oxidation sites excluding steroid dienone is 1. The van der Waals surface area contributed by atoms with E-state index in [1.807, 2.05) is 0 Å². The fourth-order valence-corrected chi connectivity index (χ4v) is 3.20. The molecule has 0 fully saturated rings. The number of carbonyl (C=O) groups excluding carboxylic acids is 2. The van der Waals surface area contributed by atoms with Crippen LogP contribution in [0.5, 0.6) is 0 Å². The number of aliphatic hydroxyl groups is 2. The van der Waals surface area contributed by atoms with Crippen molar-refractivity contribution in [1.82, 2.24) is 5.32 Å². The van der Waals surface area contributed by atoms with E-state index in [0.717, 1.165) is 0 Å². The number of Topliss-reactive ketones (excluding diaryl/α,β-unsaturated/α-hetero) is 1. The number of fused-ring (bicyclic) bond motifs is 3. The van der Waals surface area contributed by atoms with E-state index in [1.54, 1.807) is 12.1 Å². The number of ether oxygens (including phenoxy) is 2. The second kappa shape index (κ2) is 5.16. The minimum atomic E-state index is -2.41. The number of hydrogen-bond acceptors (Lipinski definition) is 7. The summed E-state index contributed by atoms with van der Waals surface area (Å²) in [4.78, 5) is 25.0. The molecule has 2 aliphatic rings. The quantitative estimate of drug-likeness (QED) is 0.522. The van der Waals surface area contributed by atoms with Crippen molar-refractivity contribution in [1.29, 1.82) is 0 Å². The Bertz CT molecular complexity index is 727. The van der Waals surface area contributed by atoms with Gasteiger partial charge in [-0.25, -0.2) is 4.79 Å². The van der Waals surface area contributed by atoms with Gasteiger partial charge in [0.25, 0.3) is 0 Å². The number of methoxy groups -OCH3 is 1. The summed E-state index contributed by atoms with van der Waals surface area (Å²) in [6.07, 6.45) is 0. The highest BCUT2D eigenvalue weighted by atomic mass is 16.6. The van der Waals surface area contributed by atoms with E-state index in [-0.39, 0.29) is 35.6 Å². The van der Waals surface area contributed by atoms with Crippen molar-refractivity contribution in [3.63, 3.8) is 0 Å². The van der Waals surface area contributed by atoms with E-state index in [0.29, 0.717) is 0 Å². The van der Waals surface area contributed by atoms with Gasteiger partial charge in [0.2, 0.25) is 17.1 Å². The lowest BCUT2D eigenvalue weighted by Crippen LogP contribution is -2.56. The minimum Gasteiger partial charge on any atom is -0.460 e. The van der Waals surface area contributed by atoms with E-state index in [9.17, 15) is 19.8 Å². The number of rotatable bonds is 4. The first-order chi connectivity index (χ1) is 10.9. The molecule has 0 saturated heterocycles. The van der Waals surface area contributed by atoms with Crippen LogP contribution in [0.3, 0.4) is 0 Å². The zero-order valence-corrected chi connectivity index (χ0v) is 12.8. The van der Waals surface area contributed by atoms with Crippen molar-refractivity contribution in [2.75, 3.05) is 20.3 Å². The molecule has 7 heteroatoms. The summed E-state index contributed by atoms with van der Waals surface area (Å²) in [6.45, 7) is 1.65. The molecule has 0 spiro atoms. The Morgan fingerprint density at radius 2 is 1.96 bits per heavy atom. The number of hydrogen-bond donors (Lipinski definition) is 3. The molecule has 23 heavy (non-hydrogen) atoms. The monoisotopic (exact) mass is 319 g/mol. The molecule has 1 heterocycles. The maximum absolute atomic E-state index is 12.7. The highest BCUT2D eigenvalue weighted by Gasteiger charge is 2.70. The van der Waals surface area contributed by atoms with E-state index in [1.165, 1.54) is 26.2 Å². The van der Waals surface area contributed by atoms with Gasteiger partial charge in [-0.3, -0.25) is 4.79 Å². The molecule has 0 bridgehead atoms. The standard InChI is InChI=1S/C16H17NO6/c1-9-12(14(19)23-8-7-22-2)15(20)13(18)10-5-3-4-6-11(10)16(15,21)17-9/h3-6,17,20-21H,7-8H2,1-2H3/t15-,16-/m0/s1.